The van der Waals surface area contributed by atoms with Gasteiger partial charge in [-0.25, -0.2) is 0 Å². The molecule has 34 heavy (non-hydrogen) atoms. The van der Waals surface area contributed by atoms with E-state index in [0.29, 0.717) is 43.4 Å². The van der Waals surface area contributed by atoms with E-state index in [2.05, 4.69) is 4.90 Å². The van der Waals surface area contributed by atoms with Gasteiger partial charge in [-0.2, -0.15) is 0 Å². The number of Topliss-reactive ketones (excluding diaryl/α,β-unsaturated/α-hetero) is 1. The van der Waals surface area contributed by atoms with Crippen molar-refractivity contribution in [1.29, 1.82) is 0 Å². The van der Waals surface area contributed by atoms with Gasteiger partial charge in [-0.05, 0) is 30.7 Å². The number of hydrogen-bond donors (Lipinski definition) is 1. The van der Waals surface area contributed by atoms with Gasteiger partial charge in [0.2, 0.25) is 0 Å². The van der Waals surface area contributed by atoms with Crippen molar-refractivity contribution in [3.63, 3.8) is 0 Å². The van der Waals surface area contributed by atoms with Crippen molar-refractivity contribution in [2.75, 3.05) is 53.6 Å². The SMILES string of the molecule is COc1ccc(C(O)=C2C(=O)C(=O)N(CCN3CCOCC3)[C@H]2c2ccc(C)cc2)cc1OC. The number of benzene rings is 2. The molecule has 0 aliphatic carbocycles. The molecule has 2 heterocycles. The summed E-state index contributed by atoms with van der Waals surface area (Å²) in [4.78, 5) is 30.1. The summed E-state index contributed by atoms with van der Waals surface area (Å²) in [6.07, 6.45) is 0. The summed E-state index contributed by atoms with van der Waals surface area (Å²) in [5.74, 6) is -0.625. The Labute approximate surface area is 199 Å². The van der Waals surface area contributed by atoms with E-state index in [9.17, 15) is 14.7 Å². The zero-order valence-electron chi connectivity index (χ0n) is 19.7. The standard InChI is InChI=1S/C26H30N2O6/c1-17-4-6-18(7-5-17)23-22(24(29)19-8-9-20(32-2)21(16-19)33-3)25(30)26(31)28(23)11-10-27-12-14-34-15-13-27/h4-9,16,23,29H,10-15H2,1-3H3/t23-/m0/s1. The number of morpholine rings is 1. The van der Waals surface area contributed by atoms with Gasteiger partial charge in [0.25, 0.3) is 11.7 Å². The van der Waals surface area contributed by atoms with E-state index < -0.39 is 17.7 Å². The maximum atomic E-state index is 13.2. The van der Waals surface area contributed by atoms with Crippen LogP contribution in [0.1, 0.15) is 22.7 Å². The number of nitrogens with zero attached hydrogens (tertiary/aromatic N) is 2. The highest BCUT2D eigenvalue weighted by molar-refractivity contribution is 6.46. The predicted molar refractivity (Wildman–Crippen MR) is 127 cm³/mol. The molecule has 0 aromatic heterocycles. The van der Waals surface area contributed by atoms with Crippen LogP contribution in [0.25, 0.3) is 5.76 Å². The lowest BCUT2D eigenvalue weighted by Crippen LogP contribution is -2.42. The number of amides is 1. The Morgan fingerprint density at radius 1 is 1.00 bits per heavy atom. The molecular formula is C26H30N2O6. The van der Waals surface area contributed by atoms with E-state index in [1.807, 2.05) is 31.2 Å². The predicted octanol–water partition coefficient (Wildman–Crippen LogP) is 2.77. The maximum Gasteiger partial charge on any atom is 0.295 e. The molecule has 0 radical (unpaired) electrons. The number of rotatable bonds is 7. The highest BCUT2D eigenvalue weighted by Crippen LogP contribution is 2.40. The van der Waals surface area contributed by atoms with Crippen LogP contribution in [0, 0.1) is 6.92 Å². The van der Waals surface area contributed by atoms with Gasteiger partial charge < -0.3 is 24.2 Å². The van der Waals surface area contributed by atoms with Crippen LogP contribution in [0.2, 0.25) is 0 Å². The maximum absolute atomic E-state index is 13.2. The molecule has 2 aliphatic heterocycles. The number of carbonyl (C=O) groups is 2. The van der Waals surface area contributed by atoms with Gasteiger partial charge in [-0.1, -0.05) is 29.8 Å². The second kappa shape index (κ2) is 10.3. The Morgan fingerprint density at radius 3 is 2.32 bits per heavy atom. The van der Waals surface area contributed by atoms with E-state index >= 15 is 0 Å². The van der Waals surface area contributed by atoms with Crippen molar-refractivity contribution < 1.29 is 28.9 Å². The molecule has 2 aromatic carbocycles. The number of methoxy groups -OCH3 is 2. The molecule has 2 saturated heterocycles. The van der Waals surface area contributed by atoms with Gasteiger partial charge in [-0.15, -0.1) is 0 Å². The van der Waals surface area contributed by atoms with E-state index in [1.54, 1.807) is 23.1 Å². The number of ketones is 1. The Morgan fingerprint density at radius 2 is 1.68 bits per heavy atom. The second-order valence-corrected chi connectivity index (χ2v) is 8.43. The fourth-order valence-electron chi connectivity index (χ4n) is 4.42. The van der Waals surface area contributed by atoms with Gasteiger partial charge >= 0.3 is 0 Å². The van der Waals surface area contributed by atoms with Crippen molar-refractivity contribution >= 4 is 17.4 Å². The molecule has 8 nitrogen and oxygen atoms in total. The summed E-state index contributed by atoms with van der Waals surface area (Å²) in [6.45, 7) is 5.83. The van der Waals surface area contributed by atoms with Crippen LogP contribution in [-0.2, 0) is 14.3 Å². The first-order valence-electron chi connectivity index (χ1n) is 11.3. The minimum Gasteiger partial charge on any atom is -0.507 e. The third-order valence-electron chi connectivity index (χ3n) is 6.35. The summed E-state index contributed by atoms with van der Waals surface area (Å²) in [6, 6.07) is 11.9. The Balaban J connectivity index is 1.75. The van der Waals surface area contributed by atoms with Crippen LogP contribution < -0.4 is 9.47 Å². The fraction of sp³-hybridized carbons (Fsp3) is 0.385. The highest BCUT2D eigenvalue weighted by Gasteiger charge is 2.46. The Kier molecular flexibility index (Phi) is 7.19. The molecule has 1 amide bonds. The molecule has 0 unspecified atom stereocenters. The number of aryl methyl sites for hydroxylation is 1. The number of ether oxygens (including phenoxy) is 3. The van der Waals surface area contributed by atoms with Crippen LogP contribution in [0.15, 0.2) is 48.0 Å². The van der Waals surface area contributed by atoms with Gasteiger partial charge in [0.05, 0.1) is 39.0 Å². The summed E-state index contributed by atoms with van der Waals surface area (Å²) < 4.78 is 16.0. The summed E-state index contributed by atoms with van der Waals surface area (Å²) in [5, 5.41) is 11.3. The second-order valence-electron chi connectivity index (χ2n) is 8.43. The topological polar surface area (TPSA) is 88.5 Å². The normalized spacial score (nSPS) is 20.6. The number of aliphatic hydroxyl groups excluding tert-OH is 1. The quantitative estimate of drug-likeness (QED) is 0.381. The zero-order valence-corrected chi connectivity index (χ0v) is 19.7. The fourth-order valence-corrected chi connectivity index (χ4v) is 4.42. The summed E-state index contributed by atoms with van der Waals surface area (Å²) in [7, 11) is 3.02. The van der Waals surface area contributed by atoms with Crippen LogP contribution in [0.5, 0.6) is 11.5 Å². The third kappa shape index (κ3) is 4.64. The summed E-state index contributed by atoms with van der Waals surface area (Å²) in [5.41, 5.74) is 2.28. The molecule has 2 fully saturated rings. The van der Waals surface area contributed by atoms with Gasteiger partial charge in [0.15, 0.2) is 11.5 Å². The van der Waals surface area contributed by atoms with Crippen molar-refractivity contribution in [2.24, 2.45) is 0 Å². The Hall–Kier alpha value is -3.36. The summed E-state index contributed by atoms with van der Waals surface area (Å²) >= 11 is 0. The van der Waals surface area contributed by atoms with Gasteiger partial charge in [-0.3, -0.25) is 14.5 Å². The Bertz CT molecular complexity index is 1090. The molecule has 2 aromatic rings. The first-order chi connectivity index (χ1) is 16.4. The lowest BCUT2D eigenvalue weighted by atomic mass is 9.94. The monoisotopic (exact) mass is 466 g/mol. The molecule has 4 rings (SSSR count). The van der Waals surface area contributed by atoms with Crippen LogP contribution in [0.4, 0.5) is 0 Å². The number of aliphatic hydroxyl groups is 1. The number of hydrogen-bond acceptors (Lipinski definition) is 7. The minimum atomic E-state index is -0.695. The molecule has 8 heteroatoms. The van der Waals surface area contributed by atoms with E-state index in [-0.39, 0.29) is 11.3 Å². The lowest BCUT2D eigenvalue weighted by Gasteiger charge is -2.31. The molecular weight excluding hydrogens is 436 g/mol. The first-order valence-corrected chi connectivity index (χ1v) is 11.3. The lowest BCUT2D eigenvalue weighted by molar-refractivity contribution is -0.140. The van der Waals surface area contributed by atoms with E-state index in [0.717, 1.165) is 24.2 Å². The average molecular weight is 467 g/mol. The molecule has 180 valence electrons. The first kappa shape index (κ1) is 23.8. The van der Waals surface area contributed by atoms with Gasteiger partial charge in [0.1, 0.15) is 5.76 Å². The number of likely N-dealkylation sites (tertiary alicyclic amines) is 1. The molecule has 1 N–H and O–H groups in total. The smallest absolute Gasteiger partial charge is 0.295 e. The molecule has 0 spiro atoms. The van der Waals surface area contributed by atoms with E-state index in [1.165, 1.54) is 14.2 Å². The zero-order chi connectivity index (χ0) is 24.2. The molecule has 0 bridgehead atoms. The van der Waals surface area contributed by atoms with Crippen molar-refractivity contribution in [2.45, 2.75) is 13.0 Å². The van der Waals surface area contributed by atoms with Crippen LogP contribution in [-0.4, -0.2) is 80.2 Å². The van der Waals surface area contributed by atoms with Crippen molar-refractivity contribution in [1.82, 2.24) is 9.80 Å². The molecule has 2 aliphatic rings. The third-order valence-corrected chi connectivity index (χ3v) is 6.35. The average Bonchev–Trinajstić information content (AvgIpc) is 3.12. The highest BCUT2D eigenvalue weighted by atomic mass is 16.5. The van der Waals surface area contributed by atoms with Crippen LogP contribution in [0.3, 0.4) is 0 Å². The van der Waals surface area contributed by atoms with Crippen LogP contribution >= 0.6 is 0 Å². The minimum absolute atomic E-state index is 0.0723. The molecule has 0 saturated carbocycles. The molecule has 1 atom stereocenters. The van der Waals surface area contributed by atoms with Gasteiger partial charge in [0, 0.05) is 31.7 Å². The number of carbonyl (C=O) groups excluding carboxylic acids is 2. The van der Waals surface area contributed by atoms with Crippen molar-refractivity contribution in [3.8, 4) is 11.5 Å². The van der Waals surface area contributed by atoms with Crippen molar-refractivity contribution in [3.05, 3.63) is 64.7 Å². The largest absolute Gasteiger partial charge is 0.507 e. The van der Waals surface area contributed by atoms with E-state index in [4.69, 9.17) is 14.2 Å².